The molecule has 1 heterocycles. The minimum absolute atomic E-state index is 0.0931. The van der Waals surface area contributed by atoms with Gasteiger partial charge in [-0.05, 0) is 19.8 Å². The average Bonchev–Trinajstić information content (AvgIpc) is 3.17. The molecular weight excluding hydrogens is 264 g/mol. The summed E-state index contributed by atoms with van der Waals surface area (Å²) in [6.07, 6.45) is 2.24. The molecule has 2 N–H and O–H groups in total. The molecule has 0 radical (unpaired) electrons. The third kappa shape index (κ3) is 3.36. The molecule has 1 aromatic rings. The number of amides is 1. The van der Waals surface area contributed by atoms with Crippen LogP contribution in [0.4, 0.5) is 0 Å². The first kappa shape index (κ1) is 14.5. The summed E-state index contributed by atoms with van der Waals surface area (Å²) in [4.78, 5) is 27.3. The van der Waals surface area contributed by atoms with Crippen molar-refractivity contribution in [3.8, 4) is 0 Å². The summed E-state index contributed by atoms with van der Waals surface area (Å²) < 4.78 is 10.3. The summed E-state index contributed by atoms with van der Waals surface area (Å²) in [7, 11) is 1.48. The van der Waals surface area contributed by atoms with Crippen LogP contribution in [0, 0.1) is 6.92 Å². The lowest BCUT2D eigenvalue weighted by Gasteiger charge is -2.12. The maximum Gasteiger partial charge on any atom is 0.326 e. The third-order valence-electron chi connectivity index (χ3n) is 3.16. The number of hydrogen-bond donors (Lipinski definition) is 2. The lowest BCUT2D eigenvalue weighted by molar-refractivity contribution is -0.139. The Bertz CT molecular complexity index is 507. The van der Waals surface area contributed by atoms with Crippen LogP contribution in [0.2, 0.25) is 0 Å². The fourth-order valence-corrected chi connectivity index (χ4v) is 1.85. The highest BCUT2D eigenvalue weighted by atomic mass is 16.5. The number of nitrogens with one attached hydrogen (secondary N) is 1. The molecule has 20 heavy (non-hydrogen) atoms. The first-order valence-electron chi connectivity index (χ1n) is 6.53. The highest BCUT2D eigenvalue weighted by Crippen LogP contribution is 2.40. The summed E-state index contributed by atoms with van der Waals surface area (Å²) in [6.45, 7) is 1.93. The normalized spacial score (nSPS) is 15.9. The maximum atomic E-state index is 12.1. The first-order valence-corrected chi connectivity index (χ1v) is 6.53. The number of carbonyl (C=O) groups excluding carboxylic acids is 1. The highest BCUT2D eigenvalue weighted by molar-refractivity contribution is 5.95. The van der Waals surface area contributed by atoms with E-state index in [0.717, 1.165) is 12.8 Å². The molecule has 110 valence electrons. The zero-order chi connectivity index (χ0) is 14.7. The molecule has 1 aromatic heterocycles. The molecule has 0 aromatic carbocycles. The van der Waals surface area contributed by atoms with Gasteiger partial charge in [0, 0.05) is 26.1 Å². The topological polar surface area (TPSA) is 102 Å². The molecular formula is C13H18N2O5. The van der Waals surface area contributed by atoms with Crippen molar-refractivity contribution >= 4 is 11.9 Å². The molecule has 0 spiro atoms. The number of carboxylic acid groups (broad SMARTS) is 1. The molecule has 2 rings (SSSR count). The number of carboxylic acids is 1. The Morgan fingerprint density at radius 1 is 1.55 bits per heavy atom. The van der Waals surface area contributed by atoms with E-state index in [1.807, 2.05) is 0 Å². The fourth-order valence-electron chi connectivity index (χ4n) is 1.85. The van der Waals surface area contributed by atoms with Crippen molar-refractivity contribution in [1.29, 1.82) is 0 Å². The molecule has 1 aliphatic carbocycles. The van der Waals surface area contributed by atoms with Gasteiger partial charge in [-0.1, -0.05) is 0 Å². The van der Waals surface area contributed by atoms with Crippen molar-refractivity contribution in [2.24, 2.45) is 0 Å². The van der Waals surface area contributed by atoms with E-state index in [9.17, 15) is 9.59 Å². The molecule has 1 saturated carbocycles. The van der Waals surface area contributed by atoms with Gasteiger partial charge in [-0.15, -0.1) is 0 Å². The van der Waals surface area contributed by atoms with Crippen LogP contribution in [0.15, 0.2) is 4.42 Å². The summed E-state index contributed by atoms with van der Waals surface area (Å²) in [5.41, 5.74) is 0.486. The van der Waals surface area contributed by atoms with Crippen LogP contribution in [-0.4, -0.2) is 41.7 Å². The largest absolute Gasteiger partial charge is 0.480 e. The van der Waals surface area contributed by atoms with Gasteiger partial charge >= 0.3 is 5.97 Å². The number of rotatable bonds is 7. The minimum atomic E-state index is -1.10. The molecule has 1 aliphatic rings. The lowest BCUT2D eigenvalue weighted by Crippen LogP contribution is -2.41. The average molecular weight is 282 g/mol. The number of oxazole rings is 1. The smallest absolute Gasteiger partial charge is 0.326 e. The standard InChI is InChI=1S/C13H18N2O5/c1-7-10(20-12(14-7)8-3-4-8)11(16)15-9(13(17)18)5-6-19-2/h8-9H,3-6H2,1-2H3,(H,15,16)(H,17,18). The second kappa shape index (κ2) is 6.04. The predicted molar refractivity (Wildman–Crippen MR) is 68.6 cm³/mol. The molecule has 7 nitrogen and oxygen atoms in total. The Morgan fingerprint density at radius 3 is 2.80 bits per heavy atom. The van der Waals surface area contributed by atoms with E-state index in [-0.39, 0.29) is 18.8 Å². The maximum absolute atomic E-state index is 12.1. The van der Waals surface area contributed by atoms with Crippen molar-refractivity contribution < 1.29 is 23.8 Å². The van der Waals surface area contributed by atoms with E-state index < -0.39 is 17.9 Å². The molecule has 1 fully saturated rings. The van der Waals surface area contributed by atoms with E-state index in [1.54, 1.807) is 6.92 Å². The molecule has 1 unspecified atom stereocenters. The number of carbonyl (C=O) groups is 2. The van der Waals surface area contributed by atoms with Gasteiger partial charge in [-0.2, -0.15) is 0 Å². The van der Waals surface area contributed by atoms with Crippen LogP contribution in [0.3, 0.4) is 0 Å². The second-order valence-electron chi connectivity index (χ2n) is 4.89. The number of nitrogens with zero attached hydrogens (tertiary/aromatic N) is 1. The quantitative estimate of drug-likeness (QED) is 0.776. The number of aliphatic carboxylic acids is 1. The number of methoxy groups -OCH3 is 1. The van der Waals surface area contributed by atoms with Gasteiger partial charge < -0.3 is 19.6 Å². The Morgan fingerprint density at radius 2 is 2.25 bits per heavy atom. The molecule has 0 saturated heterocycles. The van der Waals surface area contributed by atoms with Crippen molar-refractivity contribution in [3.63, 3.8) is 0 Å². The summed E-state index contributed by atoms with van der Waals surface area (Å²) in [5, 5.41) is 11.5. The number of hydrogen-bond acceptors (Lipinski definition) is 5. The second-order valence-corrected chi connectivity index (χ2v) is 4.89. The van der Waals surface area contributed by atoms with Crippen molar-refractivity contribution in [3.05, 3.63) is 17.3 Å². The number of aryl methyl sites for hydroxylation is 1. The number of aromatic nitrogens is 1. The first-order chi connectivity index (χ1) is 9.52. The van der Waals surface area contributed by atoms with Gasteiger partial charge in [-0.3, -0.25) is 4.79 Å². The molecule has 1 atom stereocenters. The van der Waals surface area contributed by atoms with Gasteiger partial charge in [0.2, 0.25) is 5.76 Å². The van der Waals surface area contributed by atoms with Crippen LogP contribution in [0.1, 0.15) is 47.3 Å². The Labute approximate surface area is 116 Å². The lowest BCUT2D eigenvalue weighted by atomic mass is 10.2. The van der Waals surface area contributed by atoms with Gasteiger partial charge in [0.15, 0.2) is 5.89 Å². The van der Waals surface area contributed by atoms with E-state index >= 15 is 0 Å². The number of ether oxygens (including phenoxy) is 1. The zero-order valence-electron chi connectivity index (χ0n) is 11.5. The molecule has 7 heteroatoms. The van der Waals surface area contributed by atoms with Gasteiger partial charge in [-0.25, -0.2) is 9.78 Å². The van der Waals surface area contributed by atoms with Crippen LogP contribution >= 0.6 is 0 Å². The van der Waals surface area contributed by atoms with E-state index in [1.165, 1.54) is 7.11 Å². The summed E-state index contributed by atoms with van der Waals surface area (Å²) in [6, 6.07) is -1.00. The van der Waals surface area contributed by atoms with E-state index in [2.05, 4.69) is 10.3 Å². The molecule has 0 bridgehead atoms. The van der Waals surface area contributed by atoms with E-state index in [4.69, 9.17) is 14.3 Å². The Hall–Kier alpha value is -1.89. The monoisotopic (exact) mass is 282 g/mol. The SMILES string of the molecule is COCCC(NC(=O)c1oc(C2CC2)nc1C)C(=O)O. The predicted octanol–water partition coefficient (Wildman–Crippen LogP) is 1.08. The molecule has 1 amide bonds. The third-order valence-corrected chi connectivity index (χ3v) is 3.16. The Kier molecular flexibility index (Phi) is 4.39. The van der Waals surface area contributed by atoms with Crippen molar-refractivity contribution in [2.45, 2.75) is 38.1 Å². The van der Waals surface area contributed by atoms with Crippen molar-refractivity contribution in [2.75, 3.05) is 13.7 Å². The fraction of sp³-hybridized carbons (Fsp3) is 0.615. The summed E-state index contributed by atoms with van der Waals surface area (Å²) in [5.74, 6) is -0.689. The zero-order valence-corrected chi connectivity index (χ0v) is 11.5. The summed E-state index contributed by atoms with van der Waals surface area (Å²) >= 11 is 0. The Balaban J connectivity index is 2.03. The van der Waals surface area contributed by atoms with Gasteiger partial charge in [0.25, 0.3) is 5.91 Å². The van der Waals surface area contributed by atoms with E-state index in [0.29, 0.717) is 17.5 Å². The van der Waals surface area contributed by atoms with Crippen LogP contribution in [-0.2, 0) is 9.53 Å². The molecule has 0 aliphatic heterocycles. The van der Waals surface area contributed by atoms with Crippen LogP contribution in [0.25, 0.3) is 0 Å². The van der Waals surface area contributed by atoms with Gasteiger partial charge in [0.05, 0.1) is 5.69 Å². The highest BCUT2D eigenvalue weighted by Gasteiger charge is 2.31. The van der Waals surface area contributed by atoms with Crippen molar-refractivity contribution in [1.82, 2.24) is 10.3 Å². The van der Waals surface area contributed by atoms with Crippen LogP contribution in [0.5, 0.6) is 0 Å². The minimum Gasteiger partial charge on any atom is -0.480 e. The van der Waals surface area contributed by atoms with Crippen LogP contribution < -0.4 is 5.32 Å². The van der Waals surface area contributed by atoms with Gasteiger partial charge in [0.1, 0.15) is 6.04 Å².